The van der Waals surface area contributed by atoms with Gasteiger partial charge >= 0.3 is 0 Å². The Labute approximate surface area is 166 Å². The van der Waals surface area contributed by atoms with Gasteiger partial charge in [-0.2, -0.15) is 0 Å². The molecule has 0 aromatic heterocycles. The second-order valence-electron chi connectivity index (χ2n) is 7.23. The maximum Gasteiger partial charge on any atom is 0.224 e. The van der Waals surface area contributed by atoms with Gasteiger partial charge in [-0.05, 0) is 42.5 Å². The summed E-state index contributed by atoms with van der Waals surface area (Å²) >= 11 is 0. The van der Waals surface area contributed by atoms with Crippen LogP contribution in [0.25, 0.3) is 0 Å². The monoisotopic (exact) mass is 380 g/mol. The van der Waals surface area contributed by atoms with Crippen LogP contribution < -0.4 is 10.1 Å². The standard InChI is InChI=1S/C23H28N2O3/c1-28-21-10-7-19(8-11-21)17-22(26)24-20-13-15-25(16-14-20)23(27)12-9-18-5-3-2-4-6-18/h2-8,10-11,20H,9,12-17H2,1H3,(H,24,26). The van der Waals surface area contributed by atoms with Crippen LogP contribution in [-0.4, -0.2) is 43.0 Å². The lowest BCUT2D eigenvalue weighted by atomic mass is 10.0. The van der Waals surface area contributed by atoms with Crippen molar-refractivity contribution in [3.05, 3.63) is 65.7 Å². The fourth-order valence-electron chi connectivity index (χ4n) is 3.53. The summed E-state index contributed by atoms with van der Waals surface area (Å²) < 4.78 is 5.13. The maximum absolute atomic E-state index is 12.4. The molecule has 1 heterocycles. The Morgan fingerprint density at radius 1 is 1.00 bits per heavy atom. The second kappa shape index (κ2) is 9.93. The van der Waals surface area contributed by atoms with Crippen LogP contribution in [0.5, 0.6) is 5.75 Å². The number of rotatable bonds is 7. The minimum absolute atomic E-state index is 0.0269. The number of nitrogens with zero attached hydrogens (tertiary/aromatic N) is 1. The second-order valence-corrected chi connectivity index (χ2v) is 7.23. The molecule has 0 saturated carbocycles. The highest BCUT2D eigenvalue weighted by atomic mass is 16.5. The number of likely N-dealkylation sites (tertiary alicyclic amines) is 1. The van der Waals surface area contributed by atoms with E-state index >= 15 is 0 Å². The van der Waals surface area contributed by atoms with Crippen LogP contribution in [0.4, 0.5) is 0 Å². The lowest BCUT2D eigenvalue weighted by Gasteiger charge is -2.32. The van der Waals surface area contributed by atoms with Gasteiger partial charge in [0.05, 0.1) is 13.5 Å². The Morgan fingerprint density at radius 3 is 2.32 bits per heavy atom. The zero-order valence-corrected chi connectivity index (χ0v) is 16.4. The highest BCUT2D eigenvalue weighted by Crippen LogP contribution is 2.15. The average Bonchev–Trinajstić information content (AvgIpc) is 2.74. The van der Waals surface area contributed by atoms with Crippen molar-refractivity contribution in [2.75, 3.05) is 20.2 Å². The van der Waals surface area contributed by atoms with E-state index in [2.05, 4.69) is 17.4 Å². The Morgan fingerprint density at radius 2 is 1.68 bits per heavy atom. The van der Waals surface area contributed by atoms with E-state index in [9.17, 15) is 9.59 Å². The molecule has 1 saturated heterocycles. The van der Waals surface area contributed by atoms with Gasteiger partial charge in [0.25, 0.3) is 0 Å². The van der Waals surface area contributed by atoms with E-state index in [4.69, 9.17) is 4.74 Å². The van der Waals surface area contributed by atoms with Crippen molar-refractivity contribution in [2.45, 2.75) is 38.1 Å². The van der Waals surface area contributed by atoms with Gasteiger partial charge in [-0.3, -0.25) is 9.59 Å². The number of piperidine rings is 1. The van der Waals surface area contributed by atoms with Crippen LogP contribution in [-0.2, 0) is 22.4 Å². The van der Waals surface area contributed by atoms with Gasteiger partial charge in [0.15, 0.2) is 0 Å². The van der Waals surface area contributed by atoms with E-state index in [0.29, 0.717) is 25.9 Å². The predicted octanol–water partition coefficient (Wildman–Crippen LogP) is 2.98. The minimum Gasteiger partial charge on any atom is -0.497 e. The van der Waals surface area contributed by atoms with Crippen molar-refractivity contribution in [3.63, 3.8) is 0 Å². The van der Waals surface area contributed by atoms with E-state index in [1.54, 1.807) is 7.11 Å². The Kier molecular flexibility index (Phi) is 7.06. The Hall–Kier alpha value is -2.82. The summed E-state index contributed by atoms with van der Waals surface area (Å²) in [7, 11) is 1.63. The molecule has 1 aliphatic rings. The minimum atomic E-state index is 0.0269. The third kappa shape index (κ3) is 5.84. The molecule has 3 rings (SSSR count). The number of nitrogens with one attached hydrogen (secondary N) is 1. The number of carbonyl (C=O) groups excluding carboxylic acids is 2. The number of benzene rings is 2. The van der Waals surface area contributed by atoms with Crippen LogP contribution in [0.3, 0.4) is 0 Å². The number of hydrogen-bond donors (Lipinski definition) is 1. The van der Waals surface area contributed by atoms with Crippen LogP contribution in [0.1, 0.15) is 30.4 Å². The average molecular weight is 380 g/mol. The van der Waals surface area contributed by atoms with Gasteiger partial charge in [-0.25, -0.2) is 0 Å². The third-order valence-electron chi connectivity index (χ3n) is 5.21. The van der Waals surface area contributed by atoms with Gasteiger partial charge in [0, 0.05) is 25.6 Å². The van der Waals surface area contributed by atoms with Crippen molar-refractivity contribution in [1.82, 2.24) is 10.2 Å². The number of carbonyl (C=O) groups is 2. The lowest BCUT2D eigenvalue weighted by molar-refractivity contribution is -0.132. The molecule has 2 aromatic rings. The third-order valence-corrected chi connectivity index (χ3v) is 5.21. The molecule has 2 aromatic carbocycles. The smallest absolute Gasteiger partial charge is 0.224 e. The van der Waals surface area contributed by atoms with Crippen LogP contribution >= 0.6 is 0 Å². The molecule has 1 aliphatic heterocycles. The first-order valence-corrected chi connectivity index (χ1v) is 9.88. The molecule has 148 valence electrons. The van der Waals surface area contributed by atoms with E-state index < -0.39 is 0 Å². The van der Waals surface area contributed by atoms with Crippen LogP contribution in [0, 0.1) is 0 Å². The molecular weight excluding hydrogens is 352 g/mol. The first-order valence-electron chi connectivity index (χ1n) is 9.88. The zero-order chi connectivity index (χ0) is 19.8. The van der Waals surface area contributed by atoms with E-state index in [1.165, 1.54) is 5.56 Å². The molecule has 0 atom stereocenters. The molecule has 0 aliphatic carbocycles. The van der Waals surface area contributed by atoms with Gasteiger partial charge in [-0.15, -0.1) is 0 Å². The molecule has 1 fully saturated rings. The Bertz CT molecular complexity index is 766. The summed E-state index contributed by atoms with van der Waals surface area (Å²) in [5.74, 6) is 1.01. The number of amides is 2. The van der Waals surface area contributed by atoms with Gasteiger partial charge in [0.1, 0.15) is 5.75 Å². The van der Waals surface area contributed by atoms with E-state index in [1.807, 2.05) is 47.4 Å². The van der Waals surface area contributed by atoms with Crippen molar-refractivity contribution >= 4 is 11.8 Å². The first kappa shape index (κ1) is 19.9. The summed E-state index contributed by atoms with van der Waals surface area (Å²) in [5, 5.41) is 3.11. The molecule has 28 heavy (non-hydrogen) atoms. The maximum atomic E-state index is 12.4. The molecule has 0 bridgehead atoms. The SMILES string of the molecule is COc1ccc(CC(=O)NC2CCN(C(=O)CCc3ccccc3)CC2)cc1. The van der Waals surface area contributed by atoms with E-state index in [-0.39, 0.29) is 17.9 Å². The molecule has 2 amide bonds. The summed E-state index contributed by atoms with van der Waals surface area (Å²) in [6.07, 6.45) is 3.30. The molecule has 0 spiro atoms. The highest BCUT2D eigenvalue weighted by molar-refractivity contribution is 5.79. The number of ether oxygens (including phenoxy) is 1. The summed E-state index contributed by atoms with van der Waals surface area (Å²) in [6.45, 7) is 1.42. The van der Waals surface area contributed by atoms with Crippen molar-refractivity contribution in [2.24, 2.45) is 0 Å². The van der Waals surface area contributed by atoms with Gasteiger partial charge in [0.2, 0.25) is 11.8 Å². The lowest BCUT2D eigenvalue weighted by Crippen LogP contribution is -2.46. The Balaban J connectivity index is 1.38. The number of hydrogen-bond acceptors (Lipinski definition) is 3. The molecular formula is C23H28N2O3. The zero-order valence-electron chi connectivity index (χ0n) is 16.4. The molecule has 5 heteroatoms. The van der Waals surface area contributed by atoms with Crippen molar-refractivity contribution in [3.8, 4) is 5.75 Å². The van der Waals surface area contributed by atoms with Crippen molar-refractivity contribution in [1.29, 1.82) is 0 Å². The molecule has 0 radical (unpaired) electrons. The highest BCUT2D eigenvalue weighted by Gasteiger charge is 2.23. The van der Waals surface area contributed by atoms with Crippen LogP contribution in [0.15, 0.2) is 54.6 Å². The first-order chi connectivity index (χ1) is 13.6. The fourth-order valence-corrected chi connectivity index (χ4v) is 3.53. The van der Waals surface area contributed by atoms with Crippen LogP contribution in [0.2, 0.25) is 0 Å². The normalized spacial score (nSPS) is 14.5. The number of aryl methyl sites for hydroxylation is 1. The molecule has 0 unspecified atom stereocenters. The number of methoxy groups -OCH3 is 1. The summed E-state index contributed by atoms with van der Waals surface area (Å²) in [6, 6.07) is 17.8. The van der Waals surface area contributed by atoms with E-state index in [0.717, 1.165) is 30.6 Å². The van der Waals surface area contributed by atoms with Gasteiger partial charge in [-0.1, -0.05) is 42.5 Å². The fraction of sp³-hybridized carbons (Fsp3) is 0.391. The molecule has 5 nitrogen and oxygen atoms in total. The summed E-state index contributed by atoms with van der Waals surface area (Å²) in [5.41, 5.74) is 2.16. The quantitative estimate of drug-likeness (QED) is 0.803. The largest absolute Gasteiger partial charge is 0.497 e. The summed E-state index contributed by atoms with van der Waals surface area (Å²) in [4.78, 5) is 26.6. The van der Waals surface area contributed by atoms with Gasteiger partial charge < -0.3 is 15.0 Å². The topological polar surface area (TPSA) is 58.6 Å². The predicted molar refractivity (Wildman–Crippen MR) is 109 cm³/mol. The molecule has 1 N–H and O–H groups in total. The van der Waals surface area contributed by atoms with Crippen molar-refractivity contribution < 1.29 is 14.3 Å².